The number of ether oxygens (including phenoxy) is 4. The van der Waals surface area contributed by atoms with Crippen molar-refractivity contribution in [1.82, 2.24) is 10.6 Å². The van der Waals surface area contributed by atoms with E-state index in [2.05, 4.69) is 10.6 Å². The number of nitrogens with one attached hydrogen (secondary N) is 2. The first-order chi connectivity index (χ1) is 17.9. The van der Waals surface area contributed by atoms with E-state index in [-0.39, 0.29) is 24.6 Å². The highest BCUT2D eigenvalue weighted by Gasteiger charge is 2.15. The Hall–Kier alpha value is -4.60. The first kappa shape index (κ1) is 28.6. The number of carbonyl (C=O) groups excluding carboxylic acids is 4. The fourth-order valence-corrected chi connectivity index (χ4v) is 2.94. The van der Waals surface area contributed by atoms with E-state index < -0.39 is 24.1 Å². The molecule has 0 saturated heterocycles. The summed E-state index contributed by atoms with van der Waals surface area (Å²) in [4.78, 5) is 48.2. The zero-order chi connectivity index (χ0) is 26.9. The summed E-state index contributed by atoms with van der Waals surface area (Å²) in [5.74, 6) is -1.46. The Bertz CT molecular complexity index is 1010. The molecule has 0 unspecified atom stereocenters. The molecular weight excluding hydrogens is 480 g/mol. The number of rotatable bonds is 12. The summed E-state index contributed by atoms with van der Waals surface area (Å²) < 4.78 is 19.7. The third-order valence-corrected chi connectivity index (χ3v) is 4.81. The van der Waals surface area contributed by atoms with E-state index in [1.54, 1.807) is 24.3 Å². The first-order valence-electron chi connectivity index (χ1n) is 11.4. The summed E-state index contributed by atoms with van der Waals surface area (Å²) in [6.07, 6.45) is 2.56. The number of methoxy groups -OCH3 is 2. The van der Waals surface area contributed by atoms with Crippen LogP contribution in [0.1, 0.15) is 30.4 Å². The highest BCUT2D eigenvalue weighted by Crippen LogP contribution is 2.07. The van der Waals surface area contributed by atoms with E-state index in [4.69, 9.17) is 18.9 Å². The molecule has 2 rings (SSSR count). The van der Waals surface area contributed by atoms with Gasteiger partial charge in [-0.2, -0.15) is 0 Å². The number of alkyl carbamates (subject to hydrolysis) is 2. The molecule has 0 spiro atoms. The van der Waals surface area contributed by atoms with Crippen LogP contribution in [0.5, 0.6) is 0 Å². The molecule has 0 aliphatic rings. The van der Waals surface area contributed by atoms with Crippen LogP contribution in [0.2, 0.25) is 0 Å². The van der Waals surface area contributed by atoms with Gasteiger partial charge in [0.1, 0.15) is 24.6 Å². The molecule has 0 bridgehead atoms. The number of allylic oxidation sites excluding steroid dienone is 2. The summed E-state index contributed by atoms with van der Waals surface area (Å²) in [5, 5.41) is 4.76. The quantitative estimate of drug-likeness (QED) is 0.189. The third-order valence-electron chi connectivity index (χ3n) is 4.81. The summed E-state index contributed by atoms with van der Waals surface area (Å²) in [5.41, 5.74) is 1.46. The minimum Gasteiger partial charge on any atom is -0.464 e. The second-order valence-corrected chi connectivity index (χ2v) is 7.52. The van der Waals surface area contributed by atoms with Gasteiger partial charge in [-0.25, -0.2) is 19.2 Å². The largest absolute Gasteiger partial charge is 0.464 e. The van der Waals surface area contributed by atoms with E-state index >= 15 is 0 Å². The van der Waals surface area contributed by atoms with E-state index in [1.165, 1.54) is 26.4 Å². The molecular formula is C27H30N2O8. The fraction of sp³-hybridized carbons (Fsp3) is 0.259. The van der Waals surface area contributed by atoms with Crippen molar-refractivity contribution in [2.45, 2.75) is 32.5 Å². The van der Waals surface area contributed by atoms with Gasteiger partial charge in [0, 0.05) is 0 Å². The molecule has 2 aromatic rings. The Kier molecular flexibility index (Phi) is 12.5. The van der Waals surface area contributed by atoms with Crippen LogP contribution >= 0.6 is 0 Å². The lowest BCUT2D eigenvalue weighted by Gasteiger charge is -2.10. The Labute approximate surface area is 215 Å². The average Bonchev–Trinajstić information content (AvgIpc) is 2.93. The van der Waals surface area contributed by atoms with Crippen LogP contribution in [0.3, 0.4) is 0 Å². The van der Waals surface area contributed by atoms with Crippen molar-refractivity contribution in [3.63, 3.8) is 0 Å². The molecule has 10 nitrogen and oxygen atoms in total. The predicted octanol–water partition coefficient (Wildman–Crippen LogP) is 4.12. The highest BCUT2D eigenvalue weighted by molar-refractivity contribution is 5.92. The molecule has 0 radical (unpaired) electrons. The minimum atomic E-state index is -0.799. The van der Waals surface area contributed by atoms with E-state index in [1.807, 2.05) is 36.4 Å². The molecule has 0 atom stereocenters. The lowest BCUT2D eigenvalue weighted by atomic mass is 10.2. The van der Waals surface area contributed by atoms with E-state index in [0.717, 1.165) is 11.1 Å². The Morgan fingerprint density at radius 1 is 0.649 bits per heavy atom. The van der Waals surface area contributed by atoms with E-state index in [0.29, 0.717) is 19.3 Å². The maximum absolute atomic E-state index is 12.1. The SMILES string of the molecule is COC(=O)/C(=C/CCC/C=C(\NC(=O)OCc1ccccc1)C(=O)OC)NC(=O)OCc1ccccc1. The van der Waals surface area contributed by atoms with Gasteiger partial charge in [0.15, 0.2) is 0 Å². The molecule has 2 N–H and O–H groups in total. The topological polar surface area (TPSA) is 129 Å². The van der Waals surface area contributed by atoms with Gasteiger partial charge in [-0.3, -0.25) is 10.6 Å². The maximum Gasteiger partial charge on any atom is 0.412 e. The number of hydrogen-bond acceptors (Lipinski definition) is 8. The third kappa shape index (κ3) is 11.1. The average molecular weight is 511 g/mol. The normalized spacial score (nSPS) is 11.2. The van der Waals surface area contributed by atoms with Crippen molar-refractivity contribution < 1.29 is 38.1 Å². The van der Waals surface area contributed by atoms with Crippen molar-refractivity contribution in [3.05, 3.63) is 95.3 Å². The number of carbonyl (C=O) groups is 4. The molecule has 0 saturated carbocycles. The van der Waals surface area contributed by atoms with Gasteiger partial charge in [0.05, 0.1) is 14.2 Å². The number of unbranched alkanes of at least 4 members (excludes halogenated alkanes) is 2. The smallest absolute Gasteiger partial charge is 0.412 e. The molecule has 0 heterocycles. The van der Waals surface area contributed by atoms with Gasteiger partial charge < -0.3 is 18.9 Å². The molecule has 0 aliphatic carbocycles. The van der Waals surface area contributed by atoms with Crippen molar-refractivity contribution in [2.24, 2.45) is 0 Å². The Morgan fingerprint density at radius 3 is 1.38 bits per heavy atom. The summed E-state index contributed by atoms with van der Waals surface area (Å²) in [6, 6.07) is 18.2. The van der Waals surface area contributed by atoms with Gasteiger partial charge in [0.25, 0.3) is 0 Å². The summed E-state index contributed by atoms with van der Waals surface area (Å²) >= 11 is 0. The van der Waals surface area contributed by atoms with Crippen LogP contribution in [0.4, 0.5) is 9.59 Å². The molecule has 196 valence electrons. The van der Waals surface area contributed by atoms with Crippen LogP contribution in [0.15, 0.2) is 84.2 Å². The van der Waals surface area contributed by atoms with Crippen LogP contribution in [-0.2, 0) is 41.8 Å². The maximum atomic E-state index is 12.1. The zero-order valence-corrected chi connectivity index (χ0v) is 20.7. The summed E-state index contributed by atoms with van der Waals surface area (Å²) in [6.45, 7) is 0.0893. The standard InChI is InChI=1S/C27H30N2O8/c1-34-24(30)22(28-26(32)36-18-20-12-6-3-7-13-20)16-10-5-11-17-23(25(31)35-2)29-27(33)37-19-21-14-8-4-9-15-21/h3-4,6-9,12-17H,5,10-11,18-19H2,1-2H3,(H,28,32)(H,29,33)/b22-16-,23-17-. The van der Waals surface area contributed by atoms with Gasteiger partial charge in [-0.1, -0.05) is 72.8 Å². The molecule has 0 fully saturated rings. The number of esters is 2. The van der Waals surface area contributed by atoms with Crippen LogP contribution in [0, 0.1) is 0 Å². The van der Waals surface area contributed by atoms with Crippen LogP contribution in [0.25, 0.3) is 0 Å². The number of benzene rings is 2. The van der Waals surface area contributed by atoms with E-state index in [9.17, 15) is 19.2 Å². The van der Waals surface area contributed by atoms with Crippen molar-refractivity contribution >= 4 is 24.1 Å². The molecule has 2 amide bonds. The number of hydrogen-bond donors (Lipinski definition) is 2. The van der Waals surface area contributed by atoms with Gasteiger partial charge >= 0.3 is 24.1 Å². The minimum absolute atomic E-state index is 0.0447. The molecule has 37 heavy (non-hydrogen) atoms. The Morgan fingerprint density at radius 2 is 1.03 bits per heavy atom. The van der Waals surface area contributed by atoms with Crippen LogP contribution in [-0.4, -0.2) is 38.3 Å². The lowest BCUT2D eigenvalue weighted by Crippen LogP contribution is -2.29. The monoisotopic (exact) mass is 510 g/mol. The van der Waals surface area contributed by atoms with Gasteiger partial charge in [0.2, 0.25) is 0 Å². The molecule has 0 aromatic heterocycles. The second-order valence-electron chi connectivity index (χ2n) is 7.52. The van der Waals surface area contributed by atoms with Crippen molar-refractivity contribution in [2.75, 3.05) is 14.2 Å². The molecule has 2 aromatic carbocycles. The lowest BCUT2D eigenvalue weighted by molar-refractivity contribution is -0.137. The van der Waals surface area contributed by atoms with Gasteiger partial charge in [-0.05, 0) is 30.4 Å². The van der Waals surface area contributed by atoms with Crippen LogP contribution < -0.4 is 10.6 Å². The van der Waals surface area contributed by atoms with Crippen molar-refractivity contribution in [1.29, 1.82) is 0 Å². The summed E-state index contributed by atoms with van der Waals surface area (Å²) in [7, 11) is 2.39. The highest BCUT2D eigenvalue weighted by atomic mass is 16.6. The fourth-order valence-electron chi connectivity index (χ4n) is 2.94. The first-order valence-corrected chi connectivity index (χ1v) is 11.4. The van der Waals surface area contributed by atoms with Crippen molar-refractivity contribution in [3.8, 4) is 0 Å². The number of amides is 2. The molecule has 0 aliphatic heterocycles. The Balaban J connectivity index is 1.86. The second kappa shape index (κ2) is 16.1. The molecule has 10 heteroatoms. The zero-order valence-electron chi connectivity index (χ0n) is 20.7. The predicted molar refractivity (Wildman–Crippen MR) is 134 cm³/mol. The van der Waals surface area contributed by atoms with Gasteiger partial charge in [-0.15, -0.1) is 0 Å².